The largest absolute Gasteiger partial charge is 0.481 e. The van der Waals surface area contributed by atoms with Crippen LogP contribution < -0.4 is 0 Å². The zero-order chi connectivity index (χ0) is 21.3. The molecule has 0 radical (unpaired) electrons. The third kappa shape index (κ3) is 13.9. The number of aliphatic hydroxyl groups is 3. The number of quaternary nitrogens is 1. The molecule has 0 fully saturated rings. The van der Waals surface area contributed by atoms with Crippen molar-refractivity contribution in [2.75, 3.05) is 32.8 Å². The van der Waals surface area contributed by atoms with Gasteiger partial charge in [0.1, 0.15) is 31.8 Å². The lowest BCUT2D eigenvalue weighted by Crippen LogP contribution is -2.57. The predicted octanol–water partition coefficient (Wildman–Crippen LogP) is 2.87. The third-order valence-corrected chi connectivity index (χ3v) is 4.85. The van der Waals surface area contributed by atoms with Gasteiger partial charge >= 0.3 is 5.97 Å². The maximum absolute atomic E-state index is 10.9. The smallest absolute Gasteiger partial charge is 0.303 e. The number of hydrogen-bond donors (Lipinski definition) is 4. The van der Waals surface area contributed by atoms with Crippen LogP contribution in [0, 0.1) is 0 Å². The van der Waals surface area contributed by atoms with Gasteiger partial charge in [-0.05, 0) is 25.7 Å². The number of allylic oxidation sites excluding steroid dienone is 2. The van der Waals surface area contributed by atoms with Gasteiger partial charge in [0.2, 0.25) is 0 Å². The summed E-state index contributed by atoms with van der Waals surface area (Å²) >= 11 is 0. The number of carboxylic acid groups (broad SMARTS) is 1. The normalized spacial score (nSPS) is 16.5. The van der Waals surface area contributed by atoms with Gasteiger partial charge in [0.25, 0.3) is 0 Å². The van der Waals surface area contributed by atoms with Crippen LogP contribution in [0.25, 0.3) is 0 Å². The number of aliphatic carboxylic acids is 1. The van der Waals surface area contributed by atoms with Gasteiger partial charge in [-0.2, -0.15) is 0 Å². The monoisotopic (exact) mass is 400 g/mol. The number of hydrogen-bond acceptors (Lipinski definition) is 4. The lowest BCUT2D eigenvalue weighted by atomic mass is 10.1. The van der Waals surface area contributed by atoms with E-state index >= 15 is 0 Å². The zero-order valence-corrected chi connectivity index (χ0v) is 17.8. The Hall–Kier alpha value is -1.21. The highest BCUT2D eigenvalue weighted by Gasteiger charge is 2.32. The highest BCUT2D eigenvalue weighted by atomic mass is 16.4. The van der Waals surface area contributed by atoms with Crippen LogP contribution in [0.15, 0.2) is 24.3 Å². The molecule has 28 heavy (non-hydrogen) atoms. The van der Waals surface area contributed by atoms with Gasteiger partial charge in [-0.15, -0.1) is 0 Å². The Labute approximate surface area is 170 Å². The molecule has 164 valence electrons. The molecule has 0 aliphatic carbocycles. The molecular weight excluding hydrogens is 358 g/mol. The summed E-state index contributed by atoms with van der Waals surface area (Å²) in [6.07, 6.45) is 12.5. The second kappa shape index (κ2) is 16.7. The van der Waals surface area contributed by atoms with Crippen LogP contribution >= 0.6 is 0 Å². The van der Waals surface area contributed by atoms with Gasteiger partial charge in [-0.1, -0.05) is 51.0 Å². The number of unbranched alkanes of at least 4 members (excludes halogenated alkanes) is 2. The molecule has 0 aliphatic rings. The molecule has 0 amide bonds. The molecule has 0 aromatic rings. The first-order valence-corrected chi connectivity index (χ1v) is 10.7. The Morgan fingerprint density at radius 3 is 1.79 bits per heavy atom. The first-order valence-electron chi connectivity index (χ1n) is 10.7. The second-order valence-corrected chi connectivity index (χ2v) is 7.67. The minimum Gasteiger partial charge on any atom is -0.481 e. The number of nitrogens with zero attached hydrogens (tertiary/aromatic N) is 1. The van der Waals surface area contributed by atoms with E-state index in [0.717, 1.165) is 25.7 Å². The average Bonchev–Trinajstić information content (AvgIpc) is 2.62. The van der Waals surface area contributed by atoms with Crippen LogP contribution in [0.4, 0.5) is 0 Å². The summed E-state index contributed by atoms with van der Waals surface area (Å²) in [5.41, 5.74) is 0. The van der Waals surface area contributed by atoms with Gasteiger partial charge in [0.15, 0.2) is 0 Å². The van der Waals surface area contributed by atoms with Crippen molar-refractivity contribution in [3.8, 4) is 0 Å². The molecule has 0 rings (SSSR count). The van der Waals surface area contributed by atoms with Crippen molar-refractivity contribution >= 4 is 5.97 Å². The fourth-order valence-electron chi connectivity index (χ4n) is 3.45. The Morgan fingerprint density at radius 2 is 1.39 bits per heavy atom. The van der Waals surface area contributed by atoms with E-state index in [4.69, 9.17) is 5.11 Å². The Kier molecular flexibility index (Phi) is 16.0. The van der Waals surface area contributed by atoms with E-state index in [1.165, 1.54) is 0 Å². The summed E-state index contributed by atoms with van der Waals surface area (Å²) < 4.78 is 0.329. The van der Waals surface area contributed by atoms with E-state index < -0.39 is 18.2 Å². The summed E-state index contributed by atoms with van der Waals surface area (Å²) in [7, 11) is 0. The molecule has 0 saturated carbocycles. The fourth-order valence-corrected chi connectivity index (χ4v) is 3.45. The third-order valence-electron chi connectivity index (χ3n) is 4.85. The van der Waals surface area contributed by atoms with E-state index in [2.05, 4.69) is 26.0 Å². The van der Waals surface area contributed by atoms with Crippen LogP contribution in [0.3, 0.4) is 0 Å². The van der Waals surface area contributed by atoms with Gasteiger partial charge in [-0.25, -0.2) is 0 Å². The van der Waals surface area contributed by atoms with Crippen LogP contribution in [0.5, 0.6) is 0 Å². The first kappa shape index (κ1) is 26.8. The molecule has 2 atom stereocenters. The predicted molar refractivity (Wildman–Crippen MR) is 113 cm³/mol. The minimum absolute atomic E-state index is 0.0461. The number of aliphatic hydroxyl groups excluding tert-OH is 3. The molecule has 0 heterocycles. The molecule has 4 N–H and O–H groups in total. The fraction of sp³-hybridized carbons (Fsp3) is 0.773. The molecule has 6 heteroatoms. The Bertz CT molecular complexity index is 424. The topological polar surface area (TPSA) is 98.0 Å². The second-order valence-electron chi connectivity index (χ2n) is 7.67. The van der Waals surface area contributed by atoms with E-state index in [0.29, 0.717) is 49.9 Å². The summed E-state index contributed by atoms with van der Waals surface area (Å²) in [4.78, 5) is 10.9. The molecule has 0 aromatic heterocycles. The van der Waals surface area contributed by atoms with Crippen molar-refractivity contribution in [1.29, 1.82) is 0 Å². The summed E-state index contributed by atoms with van der Waals surface area (Å²) in [5, 5.41) is 39.6. The van der Waals surface area contributed by atoms with Crippen molar-refractivity contribution < 1.29 is 29.7 Å². The van der Waals surface area contributed by atoms with Gasteiger partial charge < -0.3 is 24.9 Å². The maximum Gasteiger partial charge on any atom is 0.303 e. The average molecular weight is 401 g/mol. The van der Waals surface area contributed by atoms with Gasteiger partial charge in [0, 0.05) is 6.42 Å². The zero-order valence-electron chi connectivity index (χ0n) is 17.8. The van der Waals surface area contributed by atoms with Gasteiger partial charge in [0.05, 0.1) is 19.6 Å². The number of carboxylic acids is 1. The highest BCUT2D eigenvalue weighted by Crippen LogP contribution is 2.16. The molecule has 0 aromatic carbocycles. The van der Waals surface area contributed by atoms with Crippen molar-refractivity contribution in [2.24, 2.45) is 0 Å². The molecular formula is C22H42NO5+. The van der Waals surface area contributed by atoms with Crippen molar-refractivity contribution in [3.05, 3.63) is 24.3 Å². The summed E-state index contributed by atoms with van der Waals surface area (Å²) in [5.74, 6) is -0.854. The molecule has 2 unspecified atom stereocenters. The number of carbonyl (C=O) groups is 1. The van der Waals surface area contributed by atoms with E-state index in [9.17, 15) is 20.1 Å². The molecule has 0 bridgehead atoms. The molecule has 0 spiro atoms. The van der Waals surface area contributed by atoms with Crippen LogP contribution in [-0.2, 0) is 4.79 Å². The quantitative estimate of drug-likeness (QED) is 0.209. The van der Waals surface area contributed by atoms with E-state index in [-0.39, 0.29) is 13.0 Å². The van der Waals surface area contributed by atoms with E-state index in [1.54, 1.807) is 0 Å². The number of rotatable bonds is 18. The molecule has 6 nitrogen and oxygen atoms in total. The standard InChI is InChI=1S/C22H41NO5/c1-3-5-7-9-12-20(25)18-23(16-17-24,15-11-14-22(27)28)19-21(26)13-10-8-6-4-2/h7-10,20-21,24-26H,3-6,11-19H2,1-2H3/p+1/b9-7+,10-8+. The van der Waals surface area contributed by atoms with Crippen molar-refractivity contribution in [2.45, 2.75) is 77.4 Å². The first-order chi connectivity index (χ1) is 13.4. The summed E-state index contributed by atoms with van der Waals surface area (Å²) in [6, 6.07) is 0. The molecule has 0 aliphatic heterocycles. The van der Waals surface area contributed by atoms with Crippen molar-refractivity contribution in [3.63, 3.8) is 0 Å². The van der Waals surface area contributed by atoms with Crippen molar-refractivity contribution in [1.82, 2.24) is 0 Å². The lowest BCUT2D eigenvalue weighted by Gasteiger charge is -2.41. The maximum atomic E-state index is 10.9. The SMILES string of the molecule is CCC/C=C/CC(O)C[N+](CCO)(CCCC(=O)O)CC(O)C/C=C/CCC. The van der Waals surface area contributed by atoms with Crippen LogP contribution in [-0.4, -0.2) is 75.9 Å². The lowest BCUT2D eigenvalue weighted by molar-refractivity contribution is -0.934. The Balaban J connectivity index is 5.07. The Morgan fingerprint density at radius 1 is 0.893 bits per heavy atom. The van der Waals surface area contributed by atoms with Gasteiger partial charge in [-0.3, -0.25) is 4.79 Å². The van der Waals surface area contributed by atoms with Crippen LogP contribution in [0.1, 0.15) is 65.2 Å². The highest BCUT2D eigenvalue weighted by molar-refractivity contribution is 5.66. The molecule has 0 saturated heterocycles. The minimum atomic E-state index is -0.854. The summed E-state index contributed by atoms with van der Waals surface area (Å²) in [6.45, 7) is 5.83. The van der Waals surface area contributed by atoms with Crippen LogP contribution in [0.2, 0.25) is 0 Å². The van der Waals surface area contributed by atoms with E-state index in [1.807, 2.05) is 12.2 Å².